The van der Waals surface area contributed by atoms with Crippen molar-refractivity contribution < 1.29 is 14.2 Å². The molecule has 4 heteroatoms. The van der Waals surface area contributed by atoms with E-state index in [1.165, 1.54) is 0 Å². The molecule has 0 spiro atoms. The maximum absolute atomic E-state index is 5.90. The van der Waals surface area contributed by atoms with E-state index in [0.29, 0.717) is 12.6 Å². The monoisotopic (exact) mass is 231 g/mol. The molecule has 0 radical (unpaired) electrons. The van der Waals surface area contributed by atoms with E-state index >= 15 is 0 Å². The third-order valence-corrected chi connectivity index (χ3v) is 2.94. The van der Waals surface area contributed by atoms with Gasteiger partial charge in [-0.15, -0.1) is 0 Å². The lowest BCUT2D eigenvalue weighted by Gasteiger charge is -2.44. The van der Waals surface area contributed by atoms with Gasteiger partial charge in [-0.1, -0.05) is 0 Å². The summed E-state index contributed by atoms with van der Waals surface area (Å²) in [4.78, 5) is 0. The Kier molecular flexibility index (Phi) is 6.28. The molecule has 1 N–H and O–H groups in total. The van der Waals surface area contributed by atoms with Crippen LogP contribution in [-0.4, -0.2) is 51.2 Å². The van der Waals surface area contributed by atoms with Crippen LogP contribution in [-0.2, 0) is 14.2 Å². The van der Waals surface area contributed by atoms with Gasteiger partial charge in [0.25, 0.3) is 0 Å². The Hall–Kier alpha value is -0.160. The number of nitrogens with one attached hydrogen (secondary N) is 1. The molecule has 0 amide bonds. The third kappa shape index (κ3) is 3.70. The zero-order valence-electron chi connectivity index (χ0n) is 10.9. The first-order valence-electron chi connectivity index (χ1n) is 6.24. The van der Waals surface area contributed by atoms with Crippen LogP contribution >= 0.6 is 0 Å². The highest BCUT2D eigenvalue weighted by atomic mass is 16.6. The highest BCUT2D eigenvalue weighted by Crippen LogP contribution is 2.28. The molecule has 0 aromatic heterocycles. The molecule has 0 bridgehead atoms. The number of likely N-dealkylation sites (N-methyl/N-ethyl adjacent to an activating group) is 1. The van der Waals surface area contributed by atoms with Crippen molar-refractivity contribution in [2.24, 2.45) is 0 Å². The highest BCUT2D eigenvalue weighted by Gasteiger charge is 2.42. The Labute approximate surface area is 98.6 Å². The molecule has 1 aliphatic rings. The lowest BCUT2D eigenvalue weighted by atomic mass is 9.85. The molecule has 0 aromatic rings. The predicted octanol–water partition coefficient (Wildman–Crippen LogP) is 1.19. The van der Waals surface area contributed by atoms with E-state index < -0.39 is 0 Å². The average Bonchev–Trinajstić information content (AvgIpc) is 2.28. The summed E-state index contributed by atoms with van der Waals surface area (Å²) in [6, 6.07) is 0.434. The fourth-order valence-electron chi connectivity index (χ4n) is 2.03. The molecule has 0 saturated heterocycles. The van der Waals surface area contributed by atoms with Crippen LogP contribution in [0.1, 0.15) is 27.2 Å². The van der Waals surface area contributed by atoms with Crippen LogP contribution < -0.4 is 5.32 Å². The summed E-state index contributed by atoms with van der Waals surface area (Å²) in [6.45, 7) is 8.21. The van der Waals surface area contributed by atoms with Crippen molar-refractivity contribution in [1.29, 1.82) is 0 Å². The maximum Gasteiger partial charge on any atom is 0.0990 e. The Morgan fingerprint density at radius 2 is 2.06 bits per heavy atom. The summed E-state index contributed by atoms with van der Waals surface area (Å²) in [7, 11) is 1.97. The summed E-state index contributed by atoms with van der Waals surface area (Å²) < 4.78 is 16.9. The summed E-state index contributed by atoms with van der Waals surface area (Å²) in [5.41, 5.74) is 0. The fraction of sp³-hybridized carbons (Fsp3) is 1.00. The smallest absolute Gasteiger partial charge is 0.0990 e. The van der Waals surface area contributed by atoms with E-state index in [1.54, 1.807) is 0 Å². The van der Waals surface area contributed by atoms with Crippen LogP contribution in [0.15, 0.2) is 0 Å². The Bertz CT molecular complexity index is 189. The highest BCUT2D eigenvalue weighted by molar-refractivity contribution is 4.96. The van der Waals surface area contributed by atoms with Crippen LogP contribution in [0.25, 0.3) is 0 Å². The number of rotatable bonds is 8. The molecule has 1 aliphatic carbocycles. The zero-order valence-corrected chi connectivity index (χ0v) is 10.9. The Balaban J connectivity index is 2.26. The van der Waals surface area contributed by atoms with Crippen LogP contribution in [0, 0.1) is 0 Å². The molecule has 0 heterocycles. The van der Waals surface area contributed by atoms with Crippen molar-refractivity contribution >= 4 is 0 Å². The zero-order chi connectivity index (χ0) is 12.0. The van der Waals surface area contributed by atoms with Gasteiger partial charge < -0.3 is 19.5 Å². The number of hydrogen-bond acceptors (Lipinski definition) is 4. The second kappa shape index (κ2) is 7.22. The van der Waals surface area contributed by atoms with E-state index in [1.807, 2.05) is 27.8 Å². The van der Waals surface area contributed by atoms with E-state index in [2.05, 4.69) is 5.32 Å². The van der Waals surface area contributed by atoms with Crippen molar-refractivity contribution in [3.63, 3.8) is 0 Å². The standard InChI is InChI=1S/C12H25NO3/c1-5-14-8-9(3)16-11-7-10(13-4)12(11)15-6-2/h9-13H,5-8H2,1-4H3. The molecule has 4 unspecified atom stereocenters. The molecule has 4 nitrogen and oxygen atoms in total. The molecule has 4 atom stereocenters. The minimum absolute atomic E-state index is 0.144. The van der Waals surface area contributed by atoms with Crippen LogP contribution in [0.5, 0.6) is 0 Å². The van der Waals surface area contributed by atoms with Gasteiger partial charge in [-0.3, -0.25) is 0 Å². The van der Waals surface area contributed by atoms with E-state index in [4.69, 9.17) is 14.2 Å². The quantitative estimate of drug-likeness (QED) is 0.681. The Morgan fingerprint density at radius 3 is 2.62 bits per heavy atom. The lowest BCUT2D eigenvalue weighted by Crippen LogP contribution is -2.60. The van der Waals surface area contributed by atoms with Crippen molar-refractivity contribution in [3.8, 4) is 0 Å². The minimum atomic E-state index is 0.144. The minimum Gasteiger partial charge on any atom is -0.379 e. The van der Waals surface area contributed by atoms with E-state index in [9.17, 15) is 0 Å². The lowest BCUT2D eigenvalue weighted by molar-refractivity contribution is -0.170. The van der Waals surface area contributed by atoms with Crippen LogP contribution in [0.3, 0.4) is 0 Å². The third-order valence-electron chi connectivity index (χ3n) is 2.94. The van der Waals surface area contributed by atoms with Gasteiger partial charge in [0.2, 0.25) is 0 Å². The second-order valence-corrected chi connectivity index (χ2v) is 4.20. The summed E-state index contributed by atoms with van der Waals surface area (Å²) in [5.74, 6) is 0. The SMILES string of the molecule is CCOCC(C)OC1CC(NC)C1OCC. The molecule has 1 saturated carbocycles. The molecular weight excluding hydrogens is 206 g/mol. The van der Waals surface area contributed by atoms with Gasteiger partial charge in [-0.2, -0.15) is 0 Å². The predicted molar refractivity (Wildman–Crippen MR) is 63.7 cm³/mol. The van der Waals surface area contributed by atoms with Crippen molar-refractivity contribution in [2.45, 2.75) is 51.5 Å². The molecule has 1 fully saturated rings. The van der Waals surface area contributed by atoms with Crippen LogP contribution in [0.4, 0.5) is 0 Å². The second-order valence-electron chi connectivity index (χ2n) is 4.20. The molecule has 1 rings (SSSR count). The average molecular weight is 231 g/mol. The van der Waals surface area contributed by atoms with E-state index in [0.717, 1.165) is 19.6 Å². The van der Waals surface area contributed by atoms with Gasteiger partial charge in [0.15, 0.2) is 0 Å². The molecule has 16 heavy (non-hydrogen) atoms. The normalized spacial score (nSPS) is 31.1. The van der Waals surface area contributed by atoms with Crippen molar-refractivity contribution in [3.05, 3.63) is 0 Å². The van der Waals surface area contributed by atoms with E-state index in [-0.39, 0.29) is 18.3 Å². The van der Waals surface area contributed by atoms with Crippen molar-refractivity contribution in [2.75, 3.05) is 26.9 Å². The first-order valence-corrected chi connectivity index (χ1v) is 6.24. The van der Waals surface area contributed by atoms with Gasteiger partial charge in [0.1, 0.15) is 0 Å². The first-order chi connectivity index (χ1) is 7.72. The maximum atomic E-state index is 5.90. The first kappa shape index (κ1) is 13.9. The topological polar surface area (TPSA) is 39.7 Å². The number of hydrogen-bond donors (Lipinski definition) is 1. The van der Waals surface area contributed by atoms with Gasteiger partial charge in [-0.05, 0) is 34.2 Å². The van der Waals surface area contributed by atoms with Gasteiger partial charge in [0.05, 0.1) is 24.9 Å². The summed E-state index contributed by atoms with van der Waals surface area (Å²) in [6.07, 6.45) is 1.58. The largest absolute Gasteiger partial charge is 0.379 e. The van der Waals surface area contributed by atoms with Crippen LogP contribution in [0.2, 0.25) is 0 Å². The molecule has 0 aromatic carbocycles. The van der Waals surface area contributed by atoms with Crippen molar-refractivity contribution in [1.82, 2.24) is 5.32 Å². The van der Waals surface area contributed by atoms with Gasteiger partial charge in [-0.25, -0.2) is 0 Å². The molecule has 0 aliphatic heterocycles. The summed E-state index contributed by atoms with van der Waals surface area (Å²) >= 11 is 0. The fourth-order valence-corrected chi connectivity index (χ4v) is 2.03. The summed E-state index contributed by atoms with van der Waals surface area (Å²) in [5, 5.41) is 3.25. The number of ether oxygens (including phenoxy) is 3. The molecule has 96 valence electrons. The van der Waals surface area contributed by atoms with Gasteiger partial charge >= 0.3 is 0 Å². The Morgan fingerprint density at radius 1 is 1.31 bits per heavy atom. The molecular formula is C12H25NO3. The van der Waals surface area contributed by atoms with Gasteiger partial charge in [0, 0.05) is 19.3 Å².